The van der Waals surface area contributed by atoms with Gasteiger partial charge in [-0.15, -0.1) is 0 Å². The monoisotopic (exact) mass is 220 g/mol. The molecule has 0 aliphatic rings. The topological polar surface area (TPSA) is 114 Å². The molecule has 16 heavy (non-hydrogen) atoms. The predicted octanol–water partition coefficient (Wildman–Crippen LogP) is 0.657. The van der Waals surface area contributed by atoms with Crippen LogP contribution in [0.2, 0.25) is 0 Å². The maximum atomic E-state index is 10.8. The minimum absolute atomic E-state index is 0.0718. The third kappa shape index (κ3) is 1.44. The Labute approximate surface area is 89.4 Å². The van der Waals surface area contributed by atoms with Gasteiger partial charge in [-0.2, -0.15) is 0 Å². The number of nitrogens with two attached hydrogens (primary N) is 1. The number of oxime groups is 1. The van der Waals surface area contributed by atoms with E-state index >= 15 is 0 Å². The van der Waals surface area contributed by atoms with Crippen molar-refractivity contribution >= 4 is 23.0 Å². The molecule has 2 heterocycles. The number of rotatable bonds is 1. The second-order valence-corrected chi connectivity index (χ2v) is 3.09. The van der Waals surface area contributed by atoms with Crippen LogP contribution in [0.1, 0.15) is 5.56 Å². The second kappa shape index (κ2) is 3.54. The highest BCUT2D eigenvalue weighted by Gasteiger charge is 2.09. The molecule has 0 aliphatic heterocycles. The first-order valence-electron chi connectivity index (χ1n) is 4.32. The Kier molecular flexibility index (Phi) is 2.20. The highest BCUT2D eigenvalue weighted by Crippen LogP contribution is 2.14. The van der Waals surface area contributed by atoms with Gasteiger partial charge in [0.2, 0.25) is 0 Å². The average Bonchev–Trinajstić information content (AvgIpc) is 2.70. The fourth-order valence-electron chi connectivity index (χ4n) is 1.38. The summed E-state index contributed by atoms with van der Waals surface area (Å²) < 4.78 is 0.991. The van der Waals surface area contributed by atoms with Gasteiger partial charge in [-0.05, 0) is 12.1 Å². The SMILES string of the molecule is N/C(=N/O)c1cnc2c(ccn2C(=O)O)c1. The third-order valence-electron chi connectivity index (χ3n) is 2.14. The quantitative estimate of drug-likeness (QED) is 0.282. The van der Waals surface area contributed by atoms with Crippen molar-refractivity contribution < 1.29 is 15.1 Å². The van der Waals surface area contributed by atoms with E-state index in [-0.39, 0.29) is 5.84 Å². The van der Waals surface area contributed by atoms with Crippen LogP contribution in [0.4, 0.5) is 4.79 Å². The van der Waals surface area contributed by atoms with Crippen molar-refractivity contribution in [2.75, 3.05) is 0 Å². The largest absolute Gasteiger partial charge is 0.464 e. The lowest BCUT2D eigenvalue weighted by Crippen LogP contribution is -2.13. The highest BCUT2D eigenvalue weighted by atomic mass is 16.4. The van der Waals surface area contributed by atoms with Gasteiger partial charge in [0.15, 0.2) is 5.84 Å². The van der Waals surface area contributed by atoms with Crippen LogP contribution in [0, 0.1) is 0 Å². The predicted molar refractivity (Wildman–Crippen MR) is 55.7 cm³/mol. The van der Waals surface area contributed by atoms with E-state index in [0.717, 1.165) is 4.57 Å². The number of carbonyl (C=O) groups is 1. The van der Waals surface area contributed by atoms with Gasteiger partial charge in [0, 0.05) is 23.3 Å². The standard InChI is InChI=1S/C9H8N4O3/c10-7(12-16)6-3-5-1-2-13(9(14)15)8(5)11-4-6/h1-4,16H,(H2,10,12)(H,14,15). The lowest BCUT2D eigenvalue weighted by molar-refractivity contribution is 0.197. The summed E-state index contributed by atoms with van der Waals surface area (Å²) in [5.74, 6) is -0.0718. The van der Waals surface area contributed by atoms with E-state index in [9.17, 15) is 4.79 Å². The van der Waals surface area contributed by atoms with Crippen LogP contribution in [-0.4, -0.2) is 31.8 Å². The molecule has 0 fully saturated rings. The Bertz CT molecular complexity index is 587. The van der Waals surface area contributed by atoms with E-state index < -0.39 is 6.09 Å². The van der Waals surface area contributed by atoms with Crippen molar-refractivity contribution in [1.82, 2.24) is 9.55 Å². The summed E-state index contributed by atoms with van der Waals surface area (Å²) >= 11 is 0. The Morgan fingerprint density at radius 3 is 2.94 bits per heavy atom. The van der Waals surface area contributed by atoms with E-state index in [0.29, 0.717) is 16.6 Å². The number of aromatic nitrogens is 2. The molecule has 0 radical (unpaired) electrons. The summed E-state index contributed by atoms with van der Waals surface area (Å²) in [6, 6.07) is 3.18. The maximum absolute atomic E-state index is 10.8. The van der Waals surface area contributed by atoms with Crippen LogP contribution in [0.3, 0.4) is 0 Å². The molecular weight excluding hydrogens is 212 g/mol. The molecule has 82 valence electrons. The summed E-state index contributed by atoms with van der Waals surface area (Å²) in [5.41, 5.74) is 6.13. The van der Waals surface area contributed by atoms with Crippen molar-refractivity contribution in [2.45, 2.75) is 0 Å². The van der Waals surface area contributed by atoms with Gasteiger partial charge in [-0.3, -0.25) is 0 Å². The number of fused-ring (bicyclic) bond motifs is 1. The van der Waals surface area contributed by atoms with Crippen LogP contribution >= 0.6 is 0 Å². The molecular formula is C9H8N4O3. The molecule has 0 aromatic carbocycles. The zero-order valence-electron chi connectivity index (χ0n) is 8.03. The summed E-state index contributed by atoms with van der Waals surface area (Å²) in [7, 11) is 0. The fraction of sp³-hybridized carbons (Fsp3) is 0. The summed E-state index contributed by atoms with van der Waals surface area (Å²) in [6.07, 6.45) is 1.62. The molecule has 7 nitrogen and oxygen atoms in total. The zero-order valence-corrected chi connectivity index (χ0v) is 8.03. The first-order valence-corrected chi connectivity index (χ1v) is 4.32. The van der Waals surface area contributed by atoms with Gasteiger partial charge in [-0.25, -0.2) is 14.3 Å². The van der Waals surface area contributed by atoms with Gasteiger partial charge in [0.1, 0.15) is 5.65 Å². The molecule has 0 aliphatic carbocycles. The lowest BCUT2D eigenvalue weighted by atomic mass is 10.2. The van der Waals surface area contributed by atoms with Crippen molar-refractivity contribution in [2.24, 2.45) is 10.9 Å². The van der Waals surface area contributed by atoms with Gasteiger partial charge in [-0.1, -0.05) is 5.16 Å². The first-order chi connectivity index (χ1) is 7.63. The van der Waals surface area contributed by atoms with Gasteiger partial charge >= 0.3 is 6.09 Å². The number of nitrogens with zero attached hydrogens (tertiary/aromatic N) is 3. The van der Waals surface area contributed by atoms with Crippen molar-refractivity contribution in [3.8, 4) is 0 Å². The van der Waals surface area contributed by atoms with Crippen molar-refractivity contribution in [3.05, 3.63) is 30.1 Å². The Morgan fingerprint density at radius 1 is 1.56 bits per heavy atom. The van der Waals surface area contributed by atoms with E-state index in [4.69, 9.17) is 16.0 Å². The van der Waals surface area contributed by atoms with E-state index in [1.165, 1.54) is 12.4 Å². The second-order valence-electron chi connectivity index (χ2n) is 3.09. The molecule has 2 aromatic heterocycles. The van der Waals surface area contributed by atoms with Gasteiger partial charge < -0.3 is 16.0 Å². The number of hydrogen-bond acceptors (Lipinski definition) is 4. The molecule has 0 atom stereocenters. The van der Waals surface area contributed by atoms with Crippen LogP contribution in [0.25, 0.3) is 11.0 Å². The first kappa shape index (κ1) is 9.97. The van der Waals surface area contributed by atoms with E-state index in [1.807, 2.05) is 0 Å². The highest BCUT2D eigenvalue weighted by molar-refractivity contribution is 6.00. The van der Waals surface area contributed by atoms with Crippen LogP contribution in [-0.2, 0) is 0 Å². The number of amidine groups is 1. The molecule has 0 bridgehead atoms. The summed E-state index contributed by atoms with van der Waals surface area (Å²) in [6.45, 7) is 0. The van der Waals surface area contributed by atoms with Gasteiger partial charge in [0.05, 0.1) is 0 Å². The summed E-state index contributed by atoms with van der Waals surface area (Å²) in [4.78, 5) is 14.7. The number of pyridine rings is 1. The molecule has 0 spiro atoms. The molecule has 7 heteroatoms. The maximum Gasteiger partial charge on any atom is 0.417 e. The van der Waals surface area contributed by atoms with Crippen molar-refractivity contribution in [3.63, 3.8) is 0 Å². The van der Waals surface area contributed by atoms with E-state index in [2.05, 4.69) is 10.1 Å². The van der Waals surface area contributed by atoms with Gasteiger partial charge in [0.25, 0.3) is 0 Å². The smallest absolute Gasteiger partial charge is 0.417 e. The molecule has 0 saturated carbocycles. The lowest BCUT2D eigenvalue weighted by Gasteiger charge is -1.99. The van der Waals surface area contributed by atoms with Crippen LogP contribution in [0.15, 0.2) is 29.7 Å². The minimum atomic E-state index is -1.11. The molecule has 0 amide bonds. The molecule has 2 rings (SSSR count). The normalized spacial score (nSPS) is 11.9. The number of hydrogen-bond donors (Lipinski definition) is 3. The van der Waals surface area contributed by atoms with Crippen molar-refractivity contribution in [1.29, 1.82) is 0 Å². The van der Waals surface area contributed by atoms with Crippen LogP contribution < -0.4 is 5.73 Å². The molecule has 0 saturated heterocycles. The Balaban J connectivity index is 2.62. The molecule has 0 unspecified atom stereocenters. The Morgan fingerprint density at radius 2 is 2.31 bits per heavy atom. The average molecular weight is 220 g/mol. The molecule has 4 N–H and O–H groups in total. The van der Waals surface area contributed by atoms with E-state index in [1.54, 1.807) is 12.1 Å². The number of carboxylic acid groups (broad SMARTS) is 1. The summed E-state index contributed by atoms with van der Waals surface area (Å²) in [5, 5.41) is 20.8. The zero-order chi connectivity index (χ0) is 11.7. The van der Waals surface area contributed by atoms with Crippen LogP contribution in [0.5, 0.6) is 0 Å². The Hall–Kier alpha value is -2.57. The minimum Gasteiger partial charge on any atom is -0.464 e. The molecule has 2 aromatic rings. The third-order valence-corrected chi connectivity index (χ3v) is 2.14. The fourth-order valence-corrected chi connectivity index (χ4v) is 1.38.